The first-order valence-electron chi connectivity index (χ1n) is 14.2. The van der Waals surface area contributed by atoms with Crippen LogP contribution < -0.4 is 35.5 Å². The largest absolute Gasteiger partial charge is 0.497 e. The van der Waals surface area contributed by atoms with Gasteiger partial charge in [0, 0.05) is 36.4 Å². The maximum absolute atomic E-state index is 12.0. The number of anilines is 4. The van der Waals surface area contributed by atoms with Crippen LogP contribution in [0.1, 0.15) is 15.9 Å². The quantitative estimate of drug-likeness (QED) is 0.130. The number of amides is 1. The molecule has 4 N–H and O–H groups in total. The van der Waals surface area contributed by atoms with Crippen molar-refractivity contribution in [3.05, 3.63) is 83.9 Å². The molecule has 1 aliphatic rings. The standard InChI is InChI=1S/C31H35N7O6/c1-40-25-12-10-24(11-13-25)35-31-37-29(36-30(38-31)34-20-23-8-5-9-26-27(23)44-21-43-26)33-15-17-42-19-18-41-16-14-32-28(39)22-6-3-2-4-7-22/h2-13H,14-21H2,1H3,(H,32,39)(H3,33,34,35,36,37,38). The van der Waals surface area contributed by atoms with Gasteiger partial charge < -0.3 is 45.0 Å². The van der Waals surface area contributed by atoms with Crippen LogP contribution in [0, 0.1) is 0 Å². The van der Waals surface area contributed by atoms with Crippen LogP contribution >= 0.6 is 0 Å². The topological polar surface area (TPSA) is 150 Å². The second kappa shape index (κ2) is 15.9. The number of nitrogens with one attached hydrogen (secondary N) is 4. The van der Waals surface area contributed by atoms with E-state index in [2.05, 4.69) is 36.2 Å². The van der Waals surface area contributed by atoms with E-state index >= 15 is 0 Å². The number of rotatable bonds is 17. The van der Waals surface area contributed by atoms with Gasteiger partial charge in [-0.1, -0.05) is 30.3 Å². The van der Waals surface area contributed by atoms with Crippen molar-refractivity contribution in [1.29, 1.82) is 0 Å². The van der Waals surface area contributed by atoms with E-state index in [0.29, 0.717) is 81.0 Å². The van der Waals surface area contributed by atoms with E-state index in [1.165, 1.54) is 0 Å². The first-order chi connectivity index (χ1) is 21.7. The molecule has 4 aromatic rings. The number of benzene rings is 3. The minimum Gasteiger partial charge on any atom is -0.497 e. The number of aromatic nitrogens is 3. The number of hydrogen-bond donors (Lipinski definition) is 4. The van der Waals surface area contributed by atoms with Gasteiger partial charge in [0.05, 0.1) is 33.5 Å². The van der Waals surface area contributed by atoms with E-state index in [1.807, 2.05) is 60.7 Å². The van der Waals surface area contributed by atoms with E-state index in [4.69, 9.17) is 23.7 Å². The van der Waals surface area contributed by atoms with E-state index < -0.39 is 0 Å². The number of ether oxygens (including phenoxy) is 5. The van der Waals surface area contributed by atoms with Gasteiger partial charge in [0.2, 0.25) is 24.6 Å². The van der Waals surface area contributed by atoms with Crippen LogP contribution in [0.3, 0.4) is 0 Å². The van der Waals surface area contributed by atoms with Gasteiger partial charge in [-0.15, -0.1) is 0 Å². The smallest absolute Gasteiger partial charge is 0.251 e. The number of hydrogen-bond acceptors (Lipinski definition) is 12. The molecule has 13 nitrogen and oxygen atoms in total. The van der Waals surface area contributed by atoms with E-state index in [0.717, 1.165) is 17.0 Å². The van der Waals surface area contributed by atoms with Gasteiger partial charge in [-0.25, -0.2) is 0 Å². The molecule has 1 aromatic heterocycles. The van der Waals surface area contributed by atoms with Crippen LogP contribution in [0.4, 0.5) is 23.5 Å². The average molecular weight is 602 g/mol. The summed E-state index contributed by atoms with van der Waals surface area (Å²) >= 11 is 0. The maximum atomic E-state index is 12.0. The Morgan fingerprint density at radius 3 is 2.27 bits per heavy atom. The first kappa shape index (κ1) is 30.3. The fraction of sp³-hybridized carbons (Fsp3) is 0.290. The zero-order valence-corrected chi connectivity index (χ0v) is 24.4. The molecular weight excluding hydrogens is 566 g/mol. The summed E-state index contributed by atoms with van der Waals surface area (Å²) in [5.74, 6) is 3.17. The Hall–Kier alpha value is -5.14. The van der Waals surface area contributed by atoms with Crippen molar-refractivity contribution in [3.63, 3.8) is 0 Å². The molecule has 0 spiro atoms. The Balaban J connectivity index is 1.08. The summed E-state index contributed by atoms with van der Waals surface area (Å²) in [5.41, 5.74) is 2.34. The van der Waals surface area contributed by atoms with E-state index in [9.17, 15) is 4.79 Å². The van der Waals surface area contributed by atoms with Gasteiger partial charge >= 0.3 is 0 Å². The molecule has 230 valence electrons. The third kappa shape index (κ3) is 8.93. The molecule has 1 amide bonds. The van der Waals surface area contributed by atoms with Crippen molar-refractivity contribution in [2.24, 2.45) is 0 Å². The predicted octanol–water partition coefficient (Wildman–Crippen LogP) is 3.84. The van der Waals surface area contributed by atoms with E-state index in [1.54, 1.807) is 19.2 Å². The van der Waals surface area contributed by atoms with Crippen molar-refractivity contribution in [2.45, 2.75) is 6.54 Å². The fourth-order valence-electron chi connectivity index (χ4n) is 4.18. The lowest BCUT2D eigenvalue weighted by Crippen LogP contribution is -2.27. The summed E-state index contributed by atoms with van der Waals surface area (Å²) in [6.07, 6.45) is 0. The highest BCUT2D eigenvalue weighted by Gasteiger charge is 2.17. The number of nitrogens with zero attached hydrogens (tertiary/aromatic N) is 3. The van der Waals surface area contributed by atoms with Crippen LogP contribution in [0.5, 0.6) is 17.2 Å². The molecule has 0 aliphatic carbocycles. The van der Waals surface area contributed by atoms with Crippen LogP contribution in [0.25, 0.3) is 0 Å². The monoisotopic (exact) mass is 601 g/mol. The molecule has 0 fully saturated rings. The number of carbonyl (C=O) groups is 1. The molecule has 0 atom stereocenters. The molecule has 44 heavy (non-hydrogen) atoms. The molecular formula is C31H35N7O6. The van der Waals surface area contributed by atoms with Gasteiger partial charge in [0.15, 0.2) is 11.5 Å². The van der Waals surface area contributed by atoms with Crippen LogP contribution in [-0.2, 0) is 16.0 Å². The first-order valence-corrected chi connectivity index (χ1v) is 14.2. The number of methoxy groups -OCH3 is 1. The van der Waals surface area contributed by atoms with Crippen molar-refractivity contribution in [3.8, 4) is 17.2 Å². The minimum absolute atomic E-state index is 0.122. The second-order valence-electron chi connectivity index (χ2n) is 9.44. The molecule has 5 rings (SSSR count). The highest BCUT2D eigenvalue weighted by atomic mass is 16.7. The third-order valence-corrected chi connectivity index (χ3v) is 6.37. The molecule has 0 radical (unpaired) electrons. The fourth-order valence-corrected chi connectivity index (χ4v) is 4.18. The Bertz CT molecular complexity index is 1490. The summed E-state index contributed by atoms with van der Waals surface area (Å²) in [7, 11) is 1.62. The lowest BCUT2D eigenvalue weighted by atomic mass is 10.2. The van der Waals surface area contributed by atoms with Crippen molar-refractivity contribution >= 4 is 29.4 Å². The van der Waals surface area contributed by atoms with Crippen LogP contribution in [-0.4, -0.2) is 74.3 Å². The average Bonchev–Trinajstić information content (AvgIpc) is 3.55. The number of fused-ring (bicyclic) bond motifs is 1. The third-order valence-electron chi connectivity index (χ3n) is 6.37. The summed E-state index contributed by atoms with van der Waals surface area (Å²) in [6, 6.07) is 22.3. The minimum atomic E-state index is -0.122. The Kier molecular flexibility index (Phi) is 11.0. The zero-order valence-electron chi connectivity index (χ0n) is 24.4. The van der Waals surface area contributed by atoms with Crippen molar-refractivity contribution in [2.75, 3.05) is 69.4 Å². The molecule has 13 heteroatoms. The van der Waals surface area contributed by atoms with Gasteiger partial charge in [-0.05, 0) is 42.5 Å². The van der Waals surface area contributed by atoms with Crippen LogP contribution in [0.2, 0.25) is 0 Å². The van der Waals surface area contributed by atoms with Crippen molar-refractivity contribution < 1.29 is 28.5 Å². The molecule has 0 saturated carbocycles. The van der Waals surface area contributed by atoms with Gasteiger partial charge in [0.25, 0.3) is 5.91 Å². The van der Waals surface area contributed by atoms with Gasteiger partial charge in [-0.3, -0.25) is 4.79 Å². The summed E-state index contributed by atoms with van der Waals surface area (Å²) in [4.78, 5) is 25.6. The number of para-hydroxylation sites is 1. The van der Waals surface area contributed by atoms with Gasteiger partial charge in [-0.2, -0.15) is 15.0 Å². The second-order valence-corrected chi connectivity index (χ2v) is 9.44. The normalized spacial score (nSPS) is 11.6. The zero-order chi connectivity index (χ0) is 30.4. The summed E-state index contributed by atoms with van der Waals surface area (Å²) < 4.78 is 27.5. The molecule has 0 bridgehead atoms. The molecule has 2 heterocycles. The lowest BCUT2D eigenvalue weighted by Gasteiger charge is -2.12. The Morgan fingerprint density at radius 1 is 0.773 bits per heavy atom. The lowest BCUT2D eigenvalue weighted by molar-refractivity contribution is 0.0519. The maximum Gasteiger partial charge on any atom is 0.251 e. The van der Waals surface area contributed by atoms with Gasteiger partial charge in [0.1, 0.15) is 5.75 Å². The van der Waals surface area contributed by atoms with Crippen molar-refractivity contribution in [1.82, 2.24) is 20.3 Å². The Labute approximate surface area is 255 Å². The SMILES string of the molecule is COc1ccc(Nc2nc(NCCOCCOCCNC(=O)c3ccccc3)nc(NCc3cccc4c3OCO4)n2)cc1. The summed E-state index contributed by atoms with van der Waals surface area (Å²) in [6.45, 7) is 3.15. The molecule has 1 aliphatic heterocycles. The highest BCUT2D eigenvalue weighted by molar-refractivity contribution is 5.94. The molecule has 0 unspecified atom stereocenters. The highest BCUT2D eigenvalue weighted by Crippen LogP contribution is 2.35. The molecule has 3 aromatic carbocycles. The van der Waals surface area contributed by atoms with Crippen LogP contribution in [0.15, 0.2) is 72.8 Å². The Morgan fingerprint density at radius 2 is 1.50 bits per heavy atom. The van der Waals surface area contributed by atoms with E-state index in [-0.39, 0.29) is 12.7 Å². The number of carbonyl (C=O) groups excluding carboxylic acids is 1. The molecule has 0 saturated heterocycles. The predicted molar refractivity (Wildman–Crippen MR) is 165 cm³/mol. The summed E-state index contributed by atoms with van der Waals surface area (Å²) in [5, 5.41) is 12.5.